The molecule has 0 radical (unpaired) electrons. The number of benzene rings is 1. The number of carbonyl (C=O) groups excluding carboxylic acids is 1. The summed E-state index contributed by atoms with van der Waals surface area (Å²) in [5, 5.41) is 0. The first-order valence-corrected chi connectivity index (χ1v) is 7.27. The zero-order valence-electron chi connectivity index (χ0n) is 11.6. The van der Waals surface area contributed by atoms with Gasteiger partial charge in [-0.3, -0.25) is 9.69 Å². The third-order valence-electron chi connectivity index (χ3n) is 4.22. The quantitative estimate of drug-likeness (QED) is 0.772. The molecule has 0 bridgehead atoms. The first-order chi connectivity index (χ1) is 9.24. The van der Waals surface area contributed by atoms with E-state index >= 15 is 0 Å². The fourth-order valence-electron chi connectivity index (χ4n) is 2.71. The summed E-state index contributed by atoms with van der Waals surface area (Å²) in [6.07, 6.45) is 2.17. The molecular weight excluding hydrogens is 236 g/mol. The number of piperazine rings is 1. The number of nitrogens with zero attached hydrogens (tertiary/aromatic N) is 2. The van der Waals surface area contributed by atoms with Gasteiger partial charge in [0.2, 0.25) is 0 Å². The molecule has 0 spiro atoms. The topological polar surface area (TPSA) is 23.6 Å². The summed E-state index contributed by atoms with van der Waals surface area (Å²) in [4.78, 5) is 17.1. The van der Waals surface area contributed by atoms with Crippen molar-refractivity contribution >= 4 is 5.78 Å². The summed E-state index contributed by atoms with van der Waals surface area (Å²) in [7, 11) is 2.17. The van der Waals surface area contributed by atoms with Gasteiger partial charge >= 0.3 is 0 Å². The fraction of sp³-hybridized carbons (Fsp3) is 0.562. The number of hydrogen-bond acceptors (Lipinski definition) is 3. The lowest BCUT2D eigenvalue weighted by molar-refractivity contribution is 0.0964. The molecule has 0 aromatic heterocycles. The highest BCUT2D eigenvalue weighted by molar-refractivity contribution is 6.00. The van der Waals surface area contributed by atoms with Crippen molar-refractivity contribution < 1.29 is 4.79 Å². The second-order valence-corrected chi connectivity index (χ2v) is 5.88. The van der Waals surface area contributed by atoms with Crippen LogP contribution in [0.25, 0.3) is 0 Å². The number of ketones is 1. The Kier molecular flexibility index (Phi) is 3.67. The van der Waals surface area contributed by atoms with Gasteiger partial charge in [-0.05, 0) is 25.5 Å². The van der Waals surface area contributed by atoms with Gasteiger partial charge in [0, 0.05) is 44.2 Å². The standard InChI is InChI=1S/C16H22N2O/c1-17-8-10-18(11-9-17)12-14-4-2-3-5-15(14)16(19)13-6-7-13/h2-5,13H,6-12H2,1H3. The van der Waals surface area contributed by atoms with Gasteiger partial charge in [-0.25, -0.2) is 0 Å². The maximum absolute atomic E-state index is 12.3. The third-order valence-corrected chi connectivity index (χ3v) is 4.22. The molecule has 0 amide bonds. The molecule has 3 heteroatoms. The van der Waals surface area contributed by atoms with E-state index in [2.05, 4.69) is 29.0 Å². The molecule has 3 rings (SSSR count). The van der Waals surface area contributed by atoms with Crippen molar-refractivity contribution in [3.63, 3.8) is 0 Å². The van der Waals surface area contributed by atoms with Crippen molar-refractivity contribution in [1.29, 1.82) is 0 Å². The number of Topliss-reactive ketones (excluding diaryl/α,β-unsaturated/α-hetero) is 1. The molecule has 1 aliphatic carbocycles. The second-order valence-electron chi connectivity index (χ2n) is 5.88. The predicted molar refractivity (Wildman–Crippen MR) is 76.3 cm³/mol. The van der Waals surface area contributed by atoms with E-state index in [1.165, 1.54) is 5.56 Å². The normalized spacial score (nSPS) is 21.5. The smallest absolute Gasteiger partial charge is 0.166 e. The van der Waals surface area contributed by atoms with Crippen LogP contribution in [0.4, 0.5) is 0 Å². The van der Waals surface area contributed by atoms with E-state index in [0.717, 1.165) is 51.1 Å². The molecule has 0 atom stereocenters. The zero-order chi connectivity index (χ0) is 13.2. The van der Waals surface area contributed by atoms with Gasteiger partial charge in [0.05, 0.1) is 0 Å². The van der Waals surface area contributed by atoms with Crippen LogP contribution in [0, 0.1) is 5.92 Å². The van der Waals surface area contributed by atoms with E-state index in [0.29, 0.717) is 11.7 Å². The monoisotopic (exact) mass is 258 g/mol. The summed E-state index contributed by atoms with van der Waals surface area (Å²) in [5.41, 5.74) is 2.17. The van der Waals surface area contributed by atoms with Gasteiger partial charge < -0.3 is 4.90 Å². The highest BCUT2D eigenvalue weighted by Crippen LogP contribution is 2.33. The maximum atomic E-state index is 12.3. The van der Waals surface area contributed by atoms with Crippen molar-refractivity contribution in [3.8, 4) is 0 Å². The van der Waals surface area contributed by atoms with Gasteiger partial charge in [0.25, 0.3) is 0 Å². The lowest BCUT2D eigenvalue weighted by Gasteiger charge is -2.32. The van der Waals surface area contributed by atoms with Crippen LogP contribution in [0.3, 0.4) is 0 Å². The number of hydrogen-bond donors (Lipinski definition) is 0. The summed E-state index contributed by atoms with van der Waals surface area (Å²) in [6.45, 7) is 5.37. The molecule has 3 nitrogen and oxygen atoms in total. The molecule has 1 aromatic carbocycles. The molecule has 2 aliphatic rings. The molecule has 0 unspecified atom stereocenters. The zero-order valence-corrected chi connectivity index (χ0v) is 11.6. The van der Waals surface area contributed by atoms with Gasteiger partial charge in [-0.2, -0.15) is 0 Å². The molecular formula is C16H22N2O. The van der Waals surface area contributed by atoms with Crippen molar-refractivity contribution in [2.45, 2.75) is 19.4 Å². The Hall–Kier alpha value is -1.19. The lowest BCUT2D eigenvalue weighted by atomic mass is 10.00. The summed E-state index contributed by atoms with van der Waals surface area (Å²) in [6, 6.07) is 8.16. The molecule has 1 aromatic rings. The van der Waals surface area contributed by atoms with E-state index < -0.39 is 0 Å². The molecule has 19 heavy (non-hydrogen) atoms. The lowest BCUT2D eigenvalue weighted by Crippen LogP contribution is -2.44. The molecule has 1 aliphatic heterocycles. The molecule has 1 saturated heterocycles. The summed E-state index contributed by atoms with van der Waals surface area (Å²) < 4.78 is 0. The summed E-state index contributed by atoms with van der Waals surface area (Å²) in [5.74, 6) is 0.679. The van der Waals surface area contributed by atoms with E-state index in [1.807, 2.05) is 12.1 Å². The highest BCUT2D eigenvalue weighted by atomic mass is 16.1. The fourth-order valence-corrected chi connectivity index (χ4v) is 2.71. The Morgan fingerprint density at radius 3 is 2.53 bits per heavy atom. The highest BCUT2D eigenvalue weighted by Gasteiger charge is 2.31. The number of likely N-dealkylation sites (N-methyl/N-ethyl adjacent to an activating group) is 1. The van der Waals surface area contributed by atoms with Gasteiger partial charge in [-0.1, -0.05) is 24.3 Å². The van der Waals surface area contributed by atoms with Crippen LogP contribution in [-0.4, -0.2) is 48.8 Å². The predicted octanol–water partition coefficient (Wildman–Crippen LogP) is 2.03. The number of carbonyl (C=O) groups is 1. The number of rotatable bonds is 4. The average Bonchev–Trinajstić information content (AvgIpc) is 3.26. The summed E-state index contributed by atoms with van der Waals surface area (Å²) >= 11 is 0. The SMILES string of the molecule is CN1CCN(Cc2ccccc2C(=O)C2CC2)CC1. The Labute approximate surface area is 115 Å². The van der Waals surface area contributed by atoms with E-state index in [9.17, 15) is 4.79 Å². The van der Waals surface area contributed by atoms with Crippen LogP contribution in [0.5, 0.6) is 0 Å². The Balaban J connectivity index is 1.71. The van der Waals surface area contributed by atoms with Gasteiger partial charge in [0.15, 0.2) is 5.78 Å². The van der Waals surface area contributed by atoms with E-state index in [1.54, 1.807) is 0 Å². The van der Waals surface area contributed by atoms with Crippen LogP contribution in [0.1, 0.15) is 28.8 Å². The van der Waals surface area contributed by atoms with E-state index in [4.69, 9.17) is 0 Å². The van der Waals surface area contributed by atoms with Crippen LogP contribution in [0.15, 0.2) is 24.3 Å². The maximum Gasteiger partial charge on any atom is 0.166 e. The molecule has 2 fully saturated rings. The Morgan fingerprint density at radius 2 is 1.84 bits per heavy atom. The Bertz CT molecular complexity index is 460. The van der Waals surface area contributed by atoms with E-state index in [-0.39, 0.29) is 0 Å². The van der Waals surface area contributed by atoms with Gasteiger partial charge in [-0.15, -0.1) is 0 Å². The molecule has 102 valence electrons. The molecule has 0 N–H and O–H groups in total. The Morgan fingerprint density at radius 1 is 1.16 bits per heavy atom. The largest absolute Gasteiger partial charge is 0.304 e. The first kappa shape index (κ1) is 12.8. The van der Waals surface area contributed by atoms with Crippen molar-refractivity contribution in [2.24, 2.45) is 5.92 Å². The van der Waals surface area contributed by atoms with Crippen molar-refractivity contribution in [3.05, 3.63) is 35.4 Å². The minimum absolute atomic E-state index is 0.314. The van der Waals surface area contributed by atoms with Gasteiger partial charge in [0.1, 0.15) is 0 Å². The molecule has 1 heterocycles. The van der Waals surface area contributed by atoms with Crippen LogP contribution in [-0.2, 0) is 6.54 Å². The van der Waals surface area contributed by atoms with Crippen molar-refractivity contribution in [1.82, 2.24) is 9.80 Å². The van der Waals surface area contributed by atoms with Crippen LogP contribution < -0.4 is 0 Å². The second kappa shape index (κ2) is 5.43. The van der Waals surface area contributed by atoms with Crippen molar-refractivity contribution in [2.75, 3.05) is 33.2 Å². The molecule has 1 saturated carbocycles. The van der Waals surface area contributed by atoms with Crippen LogP contribution in [0.2, 0.25) is 0 Å². The third kappa shape index (κ3) is 3.04. The average molecular weight is 258 g/mol. The minimum atomic E-state index is 0.314. The first-order valence-electron chi connectivity index (χ1n) is 7.27. The van der Waals surface area contributed by atoms with Crippen LogP contribution >= 0.6 is 0 Å². The minimum Gasteiger partial charge on any atom is -0.304 e.